The Hall–Kier alpha value is -0.490. The van der Waals surface area contributed by atoms with Crippen molar-refractivity contribution in [3.05, 3.63) is 41.3 Å². The zero-order valence-electron chi connectivity index (χ0n) is 7.55. The summed E-state index contributed by atoms with van der Waals surface area (Å²) in [6, 6.07) is 10.3. The van der Waals surface area contributed by atoms with Crippen molar-refractivity contribution < 1.29 is 0 Å². The molecule has 0 spiro atoms. The first-order valence-corrected chi connectivity index (χ1v) is 4.63. The maximum Gasteiger partial charge on any atom is 0.0706 e. The molecule has 1 rings (SSSR count). The third kappa shape index (κ3) is 2.86. The molecule has 0 aromatic heterocycles. The Morgan fingerprint density at radius 1 is 1.25 bits per heavy atom. The lowest BCUT2D eigenvalue weighted by molar-refractivity contribution is 0.701. The summed E-state index contributed by atoms with van der Waals surface area (Å²) in [7, 11) is 0. The van der Waals surface area contributed by atoms with Crippen LogP contribution in [-0.2, 0) is 6.42 Å². The highest BCUT2D eigenvalue weighted by Crippen LogP contribution is 2.22. The van der Waals surface area contributed by atoms with E-state index >= 15 is 0 Å². The molecule has 65 valence electrons. The summed E-state index contributed by atoms with van der Waals surface area (Å²) in [4.78, 5) is 0. The molecule has 0 saturated carbocycles. The summed E-state index contributed by atoms with van der Waals surface area (Å²) in [6.45, 7) is 4.23. The monoisotopic (exact) mass is 181 g/mol. The fourth-order valence-electron chi connectivity index (χ4n) is 0.995. The van der Waals surface area contributed by atoms with Gasteiger partial charge in [-0.1, -0.05) is 44.2 Å². The molecule has 0 aliphatic carbocycles. The van der Waals surface area contributed by atoms with Crippen LogP contribution in [0.5, 0.6) is 0 Å². The maximum absolute atomic E-state index is 6.07. The first-order chi connectivity index (χ1) is 5.70. The maximum atomic E-state index is 6.07. The molecule has 0 heterocycles. The van der Waals surface area contributed by atoms with E-state index in [1.54, 1.807) is 0 Å². The quantitative estimate of drug-likeness (QED) is 0.668. The van der Waals surface area contributed by atoms with E-state index in [0.717, 1.165) is 11.8 Å². The van der Waals surface area contributed by atoms with E-state index in [9.17, 15) is 0 Å². The lowest BCUT2D eigenvalue weighted by atomic mass is 10.0. The summed E-state index contributed by atoms with van der Waals surface area (Å²) in [5.74, 6) is 0.465. The minimum absolute atomic E-state index is 0.465. The lowest BCUT2D eigenvalue weighted by Crippen LogP contribution is -2.01. The van der Waals surface area contributed by atoms with Gasteiger partial charge in [0.2, 0.25) is 0 Å². The largest absolute Gasteiger partial charge is 0.117 e. The topological polar surface area (TPSA) is 0 Å². The van der Waals surface area contributed by atoms with Crippen LogP contribution in [0.15, 0.2) is 30.3 Å². The lowest BCUT2D eigenvalue weighted by Gasteiger charge is -2.11. The van der Waals surface area contributed by atoms with Crippen LogP contribution in [0.4, 0.5) is 0 Å². The highest BCUT2D eigenvalue weighted by Gasteiger charge is 2.10. The molecule has 0 amide bonds. The van der Waals surface area contributed by atoms with Gasteiger partial charge in [0.15, 0.2) is 0 Å². The summed E-state index contributed by atoms with van der Waals surface area (Å²) < 4.78 is 0. The van der Waals surface area contributed by atoms with Gasteiger partial charge in [-0.15, -0.1) is 11.6 Å². The Balaban J connectivity index is 2.53. The van der Waals surface area contributed by atoms with Gasteiger partial charge in [0.05, 0.1) is 5.38 Å². The Morgan fingerprint density at radius 2 is 1.83 bits per heavy atom. The Kier molecular flexibility index (Phi) is 3.61. The van der Waals surface area contributed by atoms with Gasteiger partial charge < -0.3 is 0 Å². The number of rotatable bonds is 3. The van der Waals surface area contributed by atoms with Crippen molar-refractivity contribution in [2.75, 3.05) is 0 Å². The minimum Gasteiger partial charge on any atom is -0.117 e. The molecule has 1 radical (unpaired) electrons. The van der Waals surface area contributed by atoms with Crippen LogP contribution in [0.3, 0.4) is 0 Å². The fourth-order valence-corrected chi connectivity index (χ4v) is 1.15. The summed E-state index contributed by atoms with van der Waals surface area (Å²) in [6.07, 6.45) is 0.889. The predicted octanol–water partition coefficient (Wildman–Crippen LogP) is 3.66. The van der Waals surface area contributed by atoms with Gasteiger partial charge in [-0.3, -0.25) is 0 Å². The molecule has 0 bridgehead atoms. The molecule has 0 aliphatic rings. The van der Waals surface area contributed by atoms with Crippen LogP contribution in [0.1, 0.15) is 19.4 Å². The van der Waals surface area contributed by atoms with Gasteiger partial charge in [0.1, 0.15) is 0 Å². The van der Waals surface area contributed by atoms with Crippen molar-refractivity contribution in [2.45, 2.75) is 20.3 Å². The number of hydrogen-bond donors (Lipinski definition) is 0. The highest BCUT2D eigenvalue weighted by atomic mass is 35.5. The van der Waals surface area contributed by atoms with Crippen molar-refractivity contribution >= 4 is 11.6 Å². The molecule has 0 nitrogen and oxygen atoms in total. The molecule has 0 unspecified atom stereocenters. The molecule has 1 aromatic carbocycles. The molecule has 0 N–H and O–H groups in total. The second-order valence-corrected chi connectivity index (χ2v) is 3.75. The third-order valence-corrected chi connectivity index (χ3v) is 2.41. The average Bonchev–Trinajstić information content (AvgIpc) is 2.06. The zero-order chi connectivity index (χ0) is 8.97. The van der Waals surface area contributed by atoms with Crippen LogP contribution in [0.2, 0.25) is 0 Å². The smallest absolute Gasteiger partial charge is 0.0706 e. The van der Waals surface area contributed by atoms with Crippen LogP contribution in [0, 0.1) is 11.3 Å². The van der Waals surface area contributed by atoms with E-state index in [0.29, 0.717) is 5.92 Å². The number of hydrogen-bond acceptors (Lipinski definition) is 0. The van der Waals surface area contributed by atoms with Crippen molar-refractivity contribution in [1.29, 1.82) is 0 Å². The summed E-state index contributed by atoms with van der Waals surface area (Å²) >= 11 is 6.07. The van der Waals surface area contributed by atoms with Gasteiger partial charge in [-0.05, 0) is 17.9 Å². The van der Waals surface area contributed by atoms with Crippen LogP contribution in [-0.4, -0.2) is 0 Å². The van der Waals surface area contributed by atoms with E-state index < -0.39 is 0 Å². The first kappa shape index (κ1) is 9.60. The standard InChI is InChI=1S/C11H14Cl/c1-9(2)11(12)8-10-6-4-3-5-7-10/h3-7,9H,8H2,1-2H3. The van der Waals surface area contributed by atoms with Crippen molar-refractivity contribution in [3.63, 3.8) is 0 Å². The molecular formula is C11H14Cl. The Labute approximate surface area is 79.6 Å². The fraction of sp³-hybridized carbons (Fsp3) is 0.364. The van der Waals surface area contributed by atoms with Crippen molar-refractivity contribution in [1.82, 2.24) is 0 Å². The van der Waals surface area contributed by atoms with Crippen LogP contribution in [0.25, 0.3) is 0 Å². The zero-order valence-corrected chi connectivity index (χ0v) is 8.31. The molecule has 0 saturated heterocycles. The number of benzene rings is 1. The normalized spacial score (nSPS) is 11.1. The average molecular weight is 182 g/mol. The molecule has 0 aliphatic heterocycles. The Bertz CT molecular complexity index is 216. The van der Waals surface area contributed by atoms with Gasteiger partial charge in [-0.2, -0.15) is 0 Å². The molecule has 1 aromatic rings. The van der Waals surface area contributed by atoms with Crippen molar-refractivity contribution in [3.8, 4) is 0 Å². The van der Waals surface area contributed by atoms with Crippen LogP contribution < -0.4 is 0 Å². The minimum atomic E-state index is 0.465. The van der Waals surface area contributed by atoms with E-state index in [-0.39, 0.29) is 0 Å². The first-order valence-electron chi connectivity index (χ1n) is 4.25. The van der Waals surface area contributed by atoms with Gasteiger partial charge in [0.25, 0.3) is 0 Å². The second-order valence-electron chi connectivity index (χ2n) is 3.26. The van der Waals surface area contributed by atoms with E-state index in [1.165, 1.54) is 5.56 Å². The van der Waals surface area contributed by atoms with Gasteiger partial charge in [0, 0.05) is 0 Å². The molecule has 12 heavy (non-hydrogen) atoms. The molecule has 0 atom stereocenters. The van der Waals surface area contributed by atoms with Gasteiger partial charge in [-0.25, -0.2) is 0 Å². The second kappa shape index (κ2) is 4.51. The van der Waals surface area contributed by atoms with Gasteiger partial charge >= 0.3 is 0 Å². The summed E-state index contributed by atoms with van der Waals surface area (Å²) in [5, 5.41) is 1.03. The number of halogens is 1. The molecule has 1 heteroatoms. The van der Waals surface area contributed by atoms with E-state index in [4.69, 9.17) is 11.6 Å². The molecule has 0 fully saturated rings. The van der Waals surface area contributed by atoms with Crippen molar-refractivity contribution in [2.24, 2.45) is 5.92 Å². The summed E-state index contributed by atoms with van der Waals surface area (Å²) in [5.41, 5.74) is 1.29. The third-order valence-electron chi connectivity index (χ3n) is 1.84. The SMILES string of the molecule is CC(C)[C](Cl)Cc1ccccc1. The van der Waals surface area contributed by atoms with E-state index in [2.05, 4.69) is 26.0 Å². The predicted molar refractivity (Wildman–Crippen MR) is 54.1 cm³/mol. The molecular weight excluding hydrogens is 168 g/mol. The Morgan fingerprint density at radius 3 is 2.33 bits per heavy atom. The highest BCUT2D eigenvalue weighted by molar-refractivity contribution is 6.27. The van der Waals surface area contributed by atoms with E-state index in [1.807, 2.05) is 18.2 Å². The van der Waals surface area contributed by atoms with Crippen LogP contribution >= 0.6 is 11.6 Å².